The van der Waals surface area contributed by atoms with E-state index >= 15 is 0 Å². The van der Waals surface area contributed by atoms with Gasteiger partial charge in [0.15, 0.2) is 0 Å². The molecule has 0 bridgehead atoms. The average Bonchev–Trinajstić information content (AvgIpc) is 3.06. The Hall–Kier alpha value is -1.84. The maximum atomic E-state index is 13.0. The minimum atomic E-state index is -5.72. The number of rotatable bonds is 2. The number of anilines is 1. The van der Waals surface area contributed by atoms with Crippen LogP contribution in [0.2, 0.25) is 0 Å². The van der Waals surface area contributed by atoms with Crippen molar-refractivity contribution in [3.63, 3.8) is 0 Å². The first-order chi connectivity index (χ1) is 12.2. The fourth-order valence-electron chi connectivity index (χ4n) is 4.21. The van der Waals surface area contributed by atoms with E-state index in [1.807, 2.05) is 24.3 Å². The highest BCUT2D eigenvalue weighted by atomic mass is 32.2. The van der Waals surface area contributed by atoms with Crippen LogP contribution >= 0.6 is 0 Å². The summed E-state index contributed by atoms with van der Waals surface area (Å²) in [6, 6.07) is 11.2. The Labute approximate surface area is 149 Å². The van der Waals surface area contributed by atoms with Crippen LogP contribution in [0.15, 0.2) is 36.4 Å². The van der Waals surface area contributed by atoms with Crippen molar-refractivity contribution in [3.05, 3.63) is 36.4 Å². The Morgan fingerprint density at radius 3 is 2.35 bits per heavy atom. The lowest BCUT2D eigenvalue weighted by molar-refractivity contribution is -0.0650. The number of quaternary nitrogens is 1. The van der Waals surface area contributed by atoms with Crippen LogP contribution in [0.3, 0.4) is 0 Å². The molecule has 26 heavy (non-hydrogen) atoms. The van der Waals surface area contributed by atoms with Gasteiger partial charge < -0.3 is 0 Å². The van der Waals surface area contributed by atoms with E-state index in [4.69, 9.17) is 4.18 Å². The van der Waals surface area contributed by atoms with Gasteiger partial charge in [0.05, 0.1) is 24.2 Å². The van der Waals surface area contributed by atoms with Gasteiger partial charge in [-0.3, -0.25) is 4.90 Å². The predicted octanol–water partition coefficient (Wildman–Crippen LogP) is 3.54. The Bertz CT molecular complexity index is 964. The van der Waals surface area contributed by atoms with E-state index in [0.717, 1.165) is 29.3 Å². The second-order valence-electron chi connectivity index (χ2n) is 6.77. The van der Waals surface area contributed by atoms with Gasteiger partial charge in [-0.05, 0) is 11.5 Å². The van der Waals surface area contributed by atoms with Crippen molar-refractivity contribution >= 4 is 32.3 Å². The summed E-state index contributed by atoms with van der Waals surface area (Å²) in [6.07, 6.45) is 0.293. The molecule has 2 aromatic rings. The highest BCUT2D eigenvalue weighted by molar-refractivity contribution is 7.87. The third kappa shape index (κ3) is 2.34. The number of benzene rings is 2. The molecule has 0 radical (unpaired) electrons. The first-order valence-corrected chi connectivity index (χ1v) is 9.70. The number of halogens is 3. The summed E-state index contributed by atoms with van der Waals surface area (Å²) in [5, 5.41) is 1.90. The molecule has 0 aliphatic carbocycles. The van der Waals surface area contributed by atoms with Gasteiger partial charge in [-0.1, -0.05) is 24.3 Å². The van der Waals surface area contributed by atoms with Crippen LogP contribution in [0.1, 0.15) is 12.8 Å². The molecule has 4 rings (SSSR count). The molecular formula is C17H18F3N2O3S+. The maximum absolute atomic E-state index is 13.0. The molecule has 2 aliphatic heterocycles. The lowest BCUT2D eigenvalue weighted by atomic mass is 10.0. The Morgan fingerprint density at radius 2 is 1.73 bits per heavy atom. The molecule has 2 aliphatic rings. The minimum Gasteiger partial charge on any atom is -0.300 e. The molecule has 140 valence electrons. The zero-order chi connectivity index (χ0) is 18.7. The SMILES string of the molecule is CN1c2cccc3cccc(c23)[N+]2(CCCC2)C1OS(=O)(=O)C(F)(F)F. The van der Waals surface area contributed by atoms with Crippen LogP contribution in [0.5, 0.6) is 0 Å². The number of nitrogens with zero attached hydrogens (tertiary/aromatic N) is 2. The van der Waals surface area contributed by atoms with Gasteiger partial charge in [0.25, 0.3) is 6.35 Å². The van der Waals surface area contributed by atoms with Crippen molar-refractivity contribution in [2.75, 3.05) is 25.0 Å². The molecule has 1 spiro atoms. The monoisotopic (exact) mass is 387 g/mol. The summed E-state index contributed by atoms with van der Waals surface area (Å²) in [4.78, 5) is 1.52. The summed E-state index contributed by atoms with van der Waals surface area (Å²) in [6.45, 7) is 1.05. The second kappa shape index (κ2) is 5.58. The van der Waals surface area contributed by atoms with Gasteiger partial charge in [0.2, 0.25) is 0 Å². The number of alkyl halides is 3. The number of hydrogen-bond donors (Lipinski definition) is 0. The van der Waals surface area contributed by atoms with Crippen molar-refractivity contribution < 1.29 is 25.8 Å². The van der Waals surface area contributed by atoms with E-state index in [-0.39, 0.29) is 4.48 Å². The fourth-order valence-corrected chi connectivity index (χ4v) is 4.84. The molecule has 2 heterocycles. The topological polar surface area (TPSA) is 46.6 Å². The lowest BCUT2D eigenvalue weighted by Crippen LogP contribution is -2.65. The Balaban J connectivity index is 1.94. The molecule has 1 unspecified atom stereocenters. The van der Waals surface area contributed by atoms with Crippen molar-refractivity contribution in [2.45, 2.75) is 24.7 Å². The van der Waals surface area contributed by atoms with Crippen LogP contribution in [-0.4, -0.2) is 40.4 Å². The molecule has 1 atom stereocenters. The van der Waals surface area contributed by atoms with E-state index in [9.17, 15) is 21.6 Å². The zero-order valence-corrected chi connectivity index (χ0v) is 14.8. The van der Waals surface area contributed by atoms with Gasteiger partial charge in [-0.2, -0.15) is 25.8 Å². The molecule has 0 amide bonds. The van der Waals surface area contributed by atoms with Crippen molar-refractivity contribution in [3.8, 4) is 0 Å². The smallest absolute Gasteiger partial charge is 0.300 e. The molecule has 1 saturated heterocycles. The standard InChI is InChI=1S/C17H18F3N2O3S/c1-21-13-8-4-6-12-7-5-9-14(15(12)13)22(10-2-3-11-22)16(21)25-26(23,24)17(18,19)20/h4-9,16H,2-3,10-11H2,1H3/q+1. The van der Waals surface area contributed by atoms with E-state index in [0.29, 0.717) is 18.8 Å². The molecule has 0 N–H and O–H groups in total. The van der Waals surface area contributed by atoms with Gasteiger partial charge >= 0.3 is 15.6 Å². The molecule has 0 aromatic heterocycles. The summed E-state index contributed by atoms with van der Waals surface area (Å²) in [7, 11) is -4.14. The molecule has 0 saturated carbocycles. The van der Waals surface area contributed by atoms with E-state index in [1.54, 1.807) is 19.2 Å². The molecule has 2 aromatic carbocycles. The summed E-state index contributed by atoms with van der Waals surface area (Å²) in [5.41, 5.74) is -3.98. The van der Waals surface area contributed by atoms with E-state index in [1.165, 1.54) is 4.90 Å². The van der Waals surface area contributed by atoms with Gasteiger partial charge in [-0.25, -0.2) is 4.48 Å². The normalized spacial score (nSPS) is 22.3. The maximum Gasteiger partial charge on any atom is 0.523 e. The largest absolute Gasteiger partial charge is 0.523 e. The highest BCUT2D eigenvalue weighted by Crippen LogP contribution is 2.48. The van der Waals surface area contributed by atoms with Gasteiger partial charge in [-0.15, -0.1) is 0 Å². The number of hydrogen-bond acceptors (Lipinski definition) is 4. The van der Waals surface area contributed by atoms with Gasteiger partial charge in [0, 0.05) is 26.0 Å². The van der Waals surface area contributed by atoms with Gasteiger partial charge in [0.1, 0.15) is 5.69 Å². The summed E-state index contributed by atoms with van der Waals surface area (Å²) >= 11 is 0. The molecular weight excluding hydrogens is 369 g/mol. The molecule has 9 heteroatoms. The average molecular weight is 387 g/mol. The lowest BCUT2D eigenvalue weighted by Gasteiger charge is -2.47. The molecule has 5 nitrogen and oxygen atoms in total. The predicted molar refractivity (Wildman–Crippen MR) is 93.0 cm³/mol. The van der Waals surface area contributed by atoms with Crippen molar-refractivity contribution in [1.29, 1.82) is 0 Å². The first kappa shape index (κ1) is 17.6. The van der Waals surface area contributed by atoms with Crippen LogP contribution in [-0.2, 0) is 14.3 Å². The zero-order valence-electron chi connectivity index (χ0n) is 14.0. The van der Waals surface area contributed by atoms with Crippen LogP contribution in [0, 0.1) is 0 Å². The number of fused-ring (bicyclic) bond motifs is 1. The van der Waals surface area contributed by atoms with E-state index in [2.05, 4.69) is 0 Å². The molecule has 1 fully saturated rings. The first-order valence-electron chi connectivity index (χ1n) is 8.29. The van der Waals surface area contributed by atoms with Crippen LogP contribution in [0.25, 0.3) is 10.8 Å². The van der Waals surface area contributed by atoms with Crippen molar-refractivity contribution in [2.24, 2.45) is 0 Å². The Morgan fingerprint density at radius 1 is 1.12 bits per heavy atom. The van der Waals surface area contributed by atoms with Crippen LogP contribution in [0.4, 0.5) is 24.5 Å². The second-order valence-corrected chi connectivity index (χ2v) is 8.34. The quantitative estimate of drug-likeness (QED) is 0.449. The third-order valence-corrected chi connectivity index (χ3v) is 6.33. The van der Waals surface area contributed by atoms with E-state index < -0.39 is 22.0 Å². The van der Waals surface area contributed by atoms with Crippen LogP contribution < -0.4 is 9.38 Å². The fraction of sp³-hybridized carbons (Fsp3) is 0.412. The highest BCUT2D eigenvalue weighted by Gasteiger charge is 2.57. The van der Waals surface area contributed by atoms with Crippen molar-refractivity contribution in [1.82, 2.24) is 4.48 Å². The minimum absolute atomic E-state index is 0.0557. The third-order valence-electron chi connectivity index (χ3n) is 5.34. The Kier molecular flexibility index (Phi) is 3.77. The summed E-state index contributed by atoms with van der Waals surface area (Å²) < 4.78 is 67.4. The summed E-state index contributed by atoms with van der Waals surface area (Å²) in [5.74, 6) is 0.